The zero-order chi connectivity index (χ0) is 13.4. The van der Waals surface area contributed by atoms with E-state index in [1.54, 1.807) is 0 Å². The van der Waals surface area contributed by atoms with Gasteiger partial charge < -0.3 is 4.74 Å². The minimum atomic E-state index is -0.463. The number of hydrogen-bond donors (Lipinski definition) is 0. The smallest absolute Gasteiger partial charge is 0.341 e. The van der Waals surface area contributed by atoms with Crippen molar-refractivity contribution in [2.45, 2.75) is 6.61 Å². The average Bonchev–Trinajstić information content (AvgIpc) is 2.79. The Hall–Kier alpha value is -2.38. The first-order valence-corrected chi connectivity index (χ1v) is 5.95. The summed E-state index contributed by atoms with van der Waals surface area (Å²) >= 11 is 6.01. The number of pyridine rings is 1. The second-order valence-corrected chi connectivity index (χ2v) is 4.39. The molecule has 1 aliphatic heterocycles. The molecule has 3 rings (SSSR count). The number of esters is 1. The normalized spacial score (nSPS) is 12.7. The number of hydrogen-bond acceptors (Lipinski definition) is 4. The van der Waals surface area contributed by atoms with Gasteiger partial charge in [-0.1, -0.05) is 41.9 Å². The van der Waals surface area contributed by atoms with Crippen LogP contribution >= 0.6 is 11.6 Å². The van der Waals surface area contributed by atoms with Crippen LogP contribution in [0.1, 0.15) is 21.6 Å². The van der Waals surface area contributed by atoms with Crippen molar-refractivity contribution in [1.82, 2.24) is 4.98 Å². The number of fused-ring (bicyclic) bond motifs is 1. The number of rotatable bonds is 1. The van der Waals surface area contributed by atoms with Gasteiger partial charge in [0.05, 0.1) is 16.8 Å². The highest BCUT2D eigenvalue weighted by Gasteiger charge is 2.30. The zero-order valence-corrected chi connectivity index (χ0v) is 10.4. The van der Waals surface area contributed by atoms with E-state index in [-0.39, 0.29) is 17.3 Å². The van der Waals surface area contributed by atoms with Crippen molar-refractivity contribution in [2.75, 3.05) is 0 Å². The Labute approximate surface area is 114 Å². The van der Waals surface area contributed by atoms with E-state index in [4.69, 9.17) is 16.3 Å². The van der Waals surface area contributed by atoms with Gasteiger partial charge in [0.2, 0.25) is 0 Å². The Morgan fingerprint density at radius 3 is 2.68 bits per heavy atom. The molecule has 0 saturated heterocycles. The molecule has 1 aromatic carbocycles. The van der Waals surface area contributed by atoms with Crippen molar-refractivity contribution in [3.63, 3.8) is 0 Å². The number of carbonyl (C=O) groups excluding carboxylic acids is 1. The number of benzene rings is 1. The summed E-state index contributed by atoms with van der Waals surface area (Å²) in [4.78, 5) is 15.9. The van der Waals surface area contributed by atoms with Gasteiger partial charge in [0.25, 0.3) is 0 Å². The molecule has 1 aliphatic rings. The summed E-state index contributed by atoms with van der Waals surface area (Å²) in [7, 11) is 0. The Bertz CT molecular complexity index is 720. The summed E-state index contributed by atoms with van der Waals surface area (Å²) < 4.78 is 4.97. The third-order valence-electron chi connectivity index (χ3n) is 2.95. The second kappa shape index (κ2) is 4.38. The molecule has 2 aromatic rings. The Morgan fingerprint density at radius 1 is 1.26 bits per heavy atom. The molecule has 5 heteroatoms. The Balaban J connectivity index is 2.40. The van der Waals surface area contributed by atoms with Gasteiger partial charge in [-0.15, -0.1) is 0 Å². The Morgan fingerprint density at radius 2 is 2.00 bits per heavy atom. The van der Waals surface area contributed by atoms with E-state index in [2.05, 4.69) is 4.98 Å². The summed E-state index contributed by atoms with van der Waals surface area (Å²) in [5, 5.41) is 9.35. The number of nitrogens with zero attached hydrogens (tertiary/aromatic N) is 2. The molecule has 0 fully saturated rings. The van der Waals surface area contributed by atoms with Crippen LogP contribution in [-0.2, 0) is 11.3 Å². The van der Waals surface area contributed by atoms with E-state index in [0.29, 0.717) is 16.8 Å². The standard InChI is InChI=1S/C14H7ClN2O2/c15-13-9(6-16)11(8-4-2-1-3-5-8)12-10(17-13)7-19-14(12)18/h1-5H,7H2. The van der Waals surface area contributed by atoms with Crippen LogP contribution in [0.15, 0.2) is 30.3 Å². The first-order valence-electron chi connectivity index (χ1n) is 5.57. The van der Waals surface area contributed by atoms with Crippen LogP contribution in [0.25, 0.3) is 11.1 Å². The fraction of sp³-hybridized carbons (Fsp3) is 0.0714. The van der Waals surface area contributed by atoms with Gasteiger partial charge >= 0.3 is 5.97 Å². The summed E-state index contributed by atoms with van der Waals surface area (Å²) in [5.74, 6) is -0.463. The van der Waals surface area contributed by atoms with E-state index >= 15 is 0 Å². The largest absolute Gasteiger partial charge is 0.455 e. The predicted octanol–water partition coefficient (Wildman–Crippen LogP) is 2.94. The maximum Gasteiger partial charge on any atom is 0.341 e. The van der Waals surface area contributed by atoms with Gasteiger partial charge in [0, 0.05) is 5.56 Å². The molecule has 0 bridgehead atoms. The van der Waals surface area contributed by atoms with E-state index < -0.39 is 5.97 Å². The highest BCUT2D eigenvalue weighted by molar-refractivity contribution is 6.31. The monoisotopic (exact) mass is 270 g/mol. The second-order valence-electron chi connectivity index (χ2n) is 4.03. The van der Waals surface area contributed by atoms with E-state index in [9.17, 15) is 10.1 Å². The van der Waals surface area contributed by atoms with Crippen LogP contribution in [0.5, 0.6) is 0 Å². The SMILES string of the molecule is N#Cc1c(Cl)nc2c(c1-c1ccccc1)C(=O)OC2. The lowest BCUT2D eigenvalue weighted by Crippen LogP contribution is -2.02. The van der Waals surface area contributed by atoms with E-state index in [0.717, 1.165) is 5.56 Å². The first-order chi connectivity index (χ1) is 9.22. The molecule has 0 unspecified atom stereocenters. The molecule has 0 amide bonds. The van der Waals surface area contributed by atoms with Crippen LogP contribution in [0.3, 0.4) is 0 Å². The molecule has 0 radical (unpaired) electrons. The summed E-state index contributed by atoms with van der Waals surface area (Å²) in [6.45, 7) is 0.0967. The lowest BCUT2D eigenvalue weighted by Gasteiger charge is -2.09. The molecule has 0 N–H and O–H groups in total. The number of nitriles is 1. The maximum atomic E-state index is 11.8. The minimum absolute atomic E-state index is 0.0957. The average molecular weight is 271 g/mol. The van der Waals surface area contributed by atoms with Crippen molar-refractivity contribution in [3.8, 4) is 17.2 Å². The molecular formula is C14H7ClN2O2. The van der Waals surface area contributed by atoms with E-state index in [1.807, 2.05) is 36.4 Å². The first kappa shape index (κ1) is 11.7. The number of ether oxygens (including phenoxy) is 1. The summed E-state index contributed by atoms with van der Waals surface area (Å²) in [5.41, 5.74) is 2.27. The highest BCUT2D eigenvalue weighted by Crippen LogP contribution is 2.36. The van der Waals surface area contributed by atoms with Crippen LogP contribution in [-0.4, -0.2) is 11.0 Å². The lowest BCUT2D eigenvalue weighted by atomic mass is 9.96. The topological polar surface area (TPSA) is 63.0 Å². The zero-order valence-electron chi connectivity index (χ0n) is 9.68. The molecule has 4 nitrogen and oxygen atoms in total. The van der Waals surface area contributed by atoms with Crippen LogP contribution < -0.4 is 0 Å². The fourth-order valence-corrected chi connectivity index (χ4v) is 2.37. The van der Waals surface area contributed by atoms with Gasteiger partial charge in [0.15, 0.2) is 0 Å². The number of aromatic nitrogens is 1. The molecular weight excluding hydrogens is 264 g/mol. The van der Waals surface area contributed by atoms with Crippen molar-refractivity contribution < 1.29 is 9.53 Å². The summed E-state index contributed by atoms with van der Waals surface area (Å²) in [6, 6.07) is 11.2. The van der Waals surface area contributed by atoms with Crippen molar-refractivity contribution in [1.29, 1.82) is 5.26 Å². The molecule has 0 spiro atoms. The number of cyclic esters (lactones) is 1. The van der Waals surface area contributed by atoms with Crippen LogP contribution in [0.2, 0.25) is 5.15 Å². The highest BCUT2D eigenvalue weighted by atomic mass is 35.5. The molecule has 19 heavy (non-hydrogen) atoms. The van der Waals surface area contributed by atoms with Gasteiger partial charge in [-0.25, -0.2) is 9.78 Å². The quantitative estimate of drug-likeness (QED) is 0.590. The number of halogens is 1. The van der Waals surface area contributed by atoms with Crippen LogP contribution in [0.4, 0.5) is 0 Å². The maximum absolute atomic E-state index is 11.8. The van der Waals surface area contributed by atoms with E-state index in [1.165, 1.54) is 0 Å². The molecule has 0 saturated carbocycles. The molecule has 0 aliphatic carbocycles. The molecule has 2 heterocycles. The van der Waals surface area contributed by atoms with Crippen molar-refractivity contribution >= 4 is 17.6 Å². The van der Waals surface area contributed by atoms with Crippen molar-refractivity contribution in [2.24, 2.45) is 0 Å². The predicted molar refractivity (Wildman–Crippen MR) is 68.5 cm³/mol. The summed E-state index contributed by atoms with van der Waals surface area (Å²) in [6.07, 6.45) is 0. The lowest BCUT2D eigenvalue weighted by molar-refractivity contribution is 0.0534. The molecule has 0 atom stereocenters. The van der Waals surface area contributed by atoms with Gasteiger partial charge in [-0.2, -0.15) is 5.26 Å². The minimum Gasteiger partial charge on any atom is -0.455 e. The van der Waals surface area contributed by atoms with Gasteiger partial charge in [0.1, 0.15) is 17.8 Å². The van der Waals surface area contributed by atoms with Crippen molar-refractivity contribution in [3.05, 3.63) is 52.3 Å². The Kier molecular flexibility index (Phi) is 2.69. The fourth-order valence-electron chi connectivity index (χ4n) is 2.13. The molecule has 92 valence electrons. The molecule has 1 aromatic heterocycles. The third-order valence-corrected chi connectivity index (χ3v) is 3.22. The third kappa shape index (κ3) is 1.76. The number of carbonyl (C=O) groups is 1. The van der Waals surface area contributed by atoms with Crippen LogP contribution in [0, 0.1) is 11.3 Å². The van der Waals surface area contributed by atoms with Gasteiger partial charge in [-0.3, -0.25) is 0 Å². The van der Waals surface area contributed by atoms with Gasteiger partial charge in [-0.05, 0) is 5.56 Å².